The highest BCUT2D eigenvalue weighted by molar-refractivity contribution is 5.81. The van der Waals surface area contributed by atoms with E-state index in [1.165, 1.54) is 0 Å². The minimum absolute atomic E-state index is 0.139. The summed E-state index contributed by atoms with van der Waals surface area (Å²) in [7, 11) is 1.57. The number of nitrogens with one attached hydrogen (secondary N) is 1. The molecule has 1 unspecified atom stereocenters. The van der Waals surface area contributed by atoms with Gasteiger partial charge in [0.05, 0.1) is 12.0 Å². The van der Waals surface area contributed by atoms with Crippen LogP contribution in [-0.4, -0.2) is 30.1 Å². The standard InChI is InChI=1S/C11H20N2O3/c1-13-10(14)9(12)6-7-2-4-8(5-3-7)11(15)16/h7-9H,2-6,12H2,1H3,(H,13,14)(H,15,16). The fourth-order valence-corrected chi connectivity index (χ4v) is 2.30. The minimum atomic E-state index is -0.700. The van der Waals surface area contributed by atoms with Gasteiger partial charge < -0.3 is 16.2 Å². The summed E-state index contributed by atoms with van der Waals surface area (Å²) in [6.45, 7) is 0. The lowest BCUT2D eigenvalue weighted by Crippen LogP contribution is -2.40. The molecule has 4 N–H and O–H groups in total. The van der Waals surface area contributed by atoms with Crippen LogP contribution in [0.15, 0.2) is 0 Å². The summed E-state index contributed by atoms with van der Waals surface area (Å²) in [5.41, 5.74) is 5.72. The van der Waals surface area contributed by atoms with Crippen LogP contribution in [0.5, 0.6) is 0 Å². The number of carboxylic acids is 1. The normalized spacial score (nSPS) is 27.1. The monoisotopic (exact) mass is 228 g/mol. The van der Waals surface area contributed by atoms with Crippen LogP contribution in [0.4, 0.5) is 0 Å². The van der Waals surface area contributed by atoms with Crippen LogP contribution in [0, 0.1) is 11.8 Å². The maximum absolute atomic E-state index is 11.2. The number of carboxylic acid groups (broad SMARTS) is 1. The summed E-state index contributed by atoms with van der Waals surface area (Å²) in [6, 6.07) is -0.462. The molecule has 0 aromatic carbocycles. The Hall–Kier alpha value is -1.10. The molecule has 5 heteroatoms. The zero-order valence-corrected chi connectivity index (χ0v) is 9.61. The maximum Gasteiger partial charge on any atom is 0.306 e. The predicted molar refractivity (Wildman–Crippen MR) is 59.7 cm³/mol. The third-order valence-corrected chi connectivity index (χ3v) is 3.37. The van der Waals surface area contributed by atoms with Crippen LogP contribution in [0.3, 0.4) is 0 Å². The fourth-order valence-electron chi connectivity index (χ4n) is 2.30. The molecule has 1 aliphatic rings. The van der Waals surface area contributed by atoms with E-state index in [1.54, 1.807) is 7.05 Å². The molecule has 1 atom stereocenters. The lowest BCUT2D eigenvalue weighted by atomic mass is 9.79. The zero-order valence-electron chi connectivity index (χ0n) is 9.61. The molecule has 0 spiro atoms. The molecule has 0 aromatic heterocycles. The molecular weight excluding hydrogens is 208 g/mol. The summed E-state index contributed by atoms with van der Waals surface area (Å²) >= 11 is 0. The van der Waals surface area contributed by atoms with Gasteiger partial charge in [0.15, 0.2) is 0 Å². The minimum Gasteiger partial charge on any atom is -0.481 e. The molecule has 0 aliphatic heterocycles. The second-order valence-electron chi connectivity index (χ2n) is 4.51. The van der Waals surface area contributed by atoms with Crippen LogP contribution in [0.25, 0.3) is 0 Å². The third-order valence-electron chi connectivity index (χ3n) is 3.37. The number of carbonyl (C=O) groups excluding carboxylic acids is 1. The second-order valence-corrected chi connectivity index (χ2v) is 4.51. The zero-order chi connectivity index (χ0) is 12.1. The van der Waals surface area contributed by atoms with Gasteiger partial charge in [0, 0.05) is 7.05 Å². The van der Waals surface area contributed by atoms with Gasteiger partial charge in [-0.1, -0.05) is 0 Å². The van der Waals surface area contributed by atoms with Crippen molar-refractivity contribution in [3.05, 3.63) is 0 Å². The van der Waals surface area contributed by atoms with Crippen molar-refractivity contribution in [1.82, 2.24) is 5.32 Å². The SMILES string of the molecule is CNC(=O)C(N)CC1CCC(C(=O)O)CC1. The Kier molecular flexibility index (Phi) is 4.73. The van der Waals surface area contributed by atoms with Crippen LogP contribution >= 0.6 is 0 Å². The van der Waals surface area contributed by atoms with Crippen molar-refractivity contribution in [2.45, 2.75) is 38.1 Å². The van der Waals surface area contributed by atoms with Gasteiger partial charge in [-0.2, -0.15) is 0 Å². The van der Waals surface area contributed by atoms with Gasteiger partial charge in [-0.15, -0.1) is 0 Å². The van der Waals surface area contributed by atoms with Gasteiger partial charge in [-0.05, 0) is 38.0 Å². The number of aliphatic carboxylic acids is 1. The van der Waals surface area contributed by atoms with Gasteiger partial charge in [-0.25, -0.2) is 0 Å². The van der Waals surface area contributed by atoms with Crippen LogP contribution < -0.4 is 11.1 Å². The van der Waals surface area contributed by atoms with Gasteiger partial charge >= 0.3 is 5.97 Å². The second kappa shape index (κ2) is 5.84. The number of hydrogen-bond donors (Lipinski definition) is 3. The van der Waals surface area contributed by atoms with Gasteiger partial charge in [0.1, 0.15) is 0 Å². The molecular formula is C11H20N2O3. The first-order chi connectivity index (χ1) is 7.54. The smallest absolute Gasteiger partial charge is 0.306 e. The molecule has 16 heavy (non-hydrogen) atoms. The molecule has 0 saturated heterocycles. The summed E-state index contributed by atoms with van der Waals surface area (Å²) in [6.07, 6.45) is 3.80. The highest BCUT2D eigenvalue weighted by Crippen LogP contribution is 2.31. The van der Waals surface area contributed by atoms with Crippen LogP contribution in [0.1, 0.15) is 32.1 Å². The predicted octanol–water partition coefficient (Wildman–Crippen LogP) is 0.341. The average Bonchev–Trinajstić information content (AvgIpc) is 2.28. The average molecular weight is 228 g/mol. The summed E-state index contributed by atoms with van der Waals surface area (Å²) in [4.78, 5) is 22.0. The fraction of sp³-hybridized carbons (Fsp3) is 0.818. The van der Waals surface area contributed by atoms with Crippen molar-refractivity contribution in [1.29, 1.82) is 0 Å². The Balaban J connectivity index is 2.32. The topological polar surface area (TPSA) is 92.4 Å². The number of likely N-dealkylation sites (N-methyl/N-ethyl adjacent to an activating group) is 1. The van der Waals surface area contributed by atoms with Gasteiger partial charge in [-0.3, -0.25) is 9.59 Å². The number of nitrogens with two attached hydrogens (primary N) is 1. The van der Waals surface area contributed by atoms with Crippen molar-refractivity contribution in [2.24, 2.45) is 17.6 Å². The Morgan fingerprint density at radius 2 is 1.94 bits per heavy atom. The van der Waals surface area contributed by atoms with Crippen molar-refractivity contribution in [2.75, 3.05) is 7.05 Å². The Labute approximate surface area is 95.4 Å². The lowest BCUT2D eigenvalue weighted by Gasteiger charge is -2.27. The Morgan fingerprint density at radius 1 is 1.38 bits per heavy atom. The van der Waals surface area contributed by atoms with Crippen LogP contribution in [0.2, 0.25) is 0 Å². The summed E-state index contributed by atoms with van der Waals surface area (Å²) in [5, 5.41) is 11.4. The van der Waals surface area contributed by atoms with E-state index in [-0.39, 0.29) is 11.8 Å². The Morgan fingerprint density at radius 3 is 2.38 bits per heavy atom. The quantitative estimate of drug-likeness (QED) is 0.647. The van der Waals surface area contributed by atoms with E-state index in [0.717, 1.165) is 12.8 Å². The molecule has 0 aromatic rings. The molecule has 0 radical (unpaired) electrons. The van der Waals surface area contributed by atoms with Crippen molar-refractivity contribution < 1.29 is 14.7 Å². The maximum atomic E-state index is 11.2. The molecule has 0 bridgehead atoms. The van der Waals surface area contributed by atoms with Crippen molar-refractivity contribution >= 4 is 11.9 Å². The first-order valence-electron chi connectivity index (χ1n) is 5.74. The molecule has 1 saturated carbocycles. The van der Waals surface area contributed by atoms with E-state index in [0.29, 0.717) is 25.2 Å². The van der Waals surface area contributed by atoms with Gasteiger partial charge in [0.2, 0.25) is 5.91 Å². The number of rotatable bonds is 4. The molecule has 0 heterocycles. The molecule has 5 nitrogen and oxygen atoms in total. The number of carbonyl (C=O) groups is 2. The molecule has 92 valence electrons. The first kappa shape index (κ1) is 13.0. The van der Waals surface area contributed by atoms with Crippen LogP contribution in [-0.2, 0) is 9.59 Å². The highest BCUT2D eigenvalue weighted by atomic mass is 16.4. The summed E-state index contributed by atoms with van der Waals surface area (Å²) in [5.74, 6) is -0.648. The number of amides is 1. The first-order valence-corrected chi connectivity index (χ1v) is 5.74. The van der Waals surface area contributed by atoms with Gasteiger partial charge in [0.25, 0.3) is 0 Å². The molecule has 1 aliphatic carbocycles. The van der Waals surface area contributed by atoms with E-state index < -0.39 is 12.0 Å². The highest BCUT2D eigenvalue weighted by Gasteiger charge is 2.27. The van der Waals surface area contributed by atoms with E-state index in [1.807, 2.05) is 0 Å². The summed E-state index contributed by atoms with van der Waals surface area (Å²) < 4.78 is 0. The molecule has 1 amide bonds. The van der Waals surface area contributed by atoms with E-state index >= 15 is 0 Å². The number of hydrogen-bond acceptors (Lipinski definition) is 3. The van der Waals surface area contributed by atoms with E-state index in [2.05, 4.69) is 5.32 Å². The Bertz CT molecular complexity index is 260. The van der Waals surface area contributed by atoms with E-state index in [9.17, 15) is 9.59 Å². The lowest BCUT2D eigenvalue weighted by molar-refractivity contribution is -0.143. The molecule has 1 fully saturated rings. The molecule has 1 rings (SSSR count). The largest absolute Gasteiger partial charge is 0.481 e. The third kappa shape index (κ3) is 3.48. The van der Waals surface area contributed by atoms with E-state index in [4.69, 9.17) is 10.8 Å². The van der Waals surface area contributed by atoms with Crippen molar-refractivity contribution in [3.8, 4) is 0 Å². The van der Waals surface area contributed by atoms with Crippen molar-refractivity contribution in [3.63, 3.8) is 0 Å².